The highest BCUT2D eigenvalue weighted by Gasteiger charge is 2.28. The first-order valence-electron chi connectivity index (χ1n) is 20.4. The Morgan fingerprint density at radius 3 is 1.93 bits per heavy atom. The monoisotopic (exact) mass is 782 g/mol. The Bertz CT molecular complexity index is 3840. The van der Waals surface area contributed by atoms with Crippen LogP contribution in [0, 0.1) is 0 Å². The summed E-state index contributed by atoms with van der Waals surface area (Å²) in [6.07, 6.45) is 0. The zero-order chi connectivity index (χ0) is 39.3. The van der Waals surface area contributed by atoms with Crippen molar-refractivity contribution < 1.29 is 4.42 Å². The molecule has 0 N–H and O–H groups in total. The van der Waals surface area contributed by atoms with E-state index in [9.17, 15) is 0 Å². The van der Waals surface area contributed by atoms with Crippen LogP contribution in [0.4, 0.5) is 17.1 Å². The van der Waals surface area contributed by atoms with Crippen LogP contribution in [0.5, 0.6) is 0 Å². The van der Waals surface area contributed by atoms with Crippen molar-refractivity contribution in [2.45, 2.75) is 0 Å². The quantitative estimate of drug-likeness (QED) is 0.162. The molecule has 0 aliphatic carbocycles. The Balaban J connectivity index is 1.22. The van der Waals surface area contributed by atoms with Crippen molar-refractivity contribution in [1.29, 1.82) is 0 Å². The molecule has 0 saturated carbocycles. The third kappa shape index (κ3) is 4.89. The Hall–Kier alpha value is -7.66. The van der Waals surface area contributed by atoms with Gasteiger partial charge in [-0.05, 0) is 105 Å². The van der Waals surface area contributed by atoms with Crippen LogP contribution < -0.4 is 4.90 Å². The van der Waals surface area contributed by atoms with Gasteiger partial charge in [0.05, 0.1) is 22.1 Å². The molecular weight excluding hydrogens is 749 g/mol. The fourth-order valence-electron chi connectivity index (χ4n) is 9.73. The summed E-state index contributed by atoms with van der Waals surface area (Å²) in [5, 5.41) is 12.1. The lowest BCUT2D eigenvalue weighted by Gasteiger charge is -2.27. The van der Waals surface area contributed by atoms with Gasteiger partial charge in [0.2, 0.25) is 0 Å². The van der Waals surface area contributed by atoms with Crippen LogP contribution in [-0.4, -0.2) is 4.57 Å². The number of furan rings is 1. The first-order chi connectivity index (χ1) is 29.8. The van der Waals surface area contributed by atoms with Gasteiger partial charge in [0, 0.05) is 59.5 Å². The zero-order valence-electron chi connectivity index (χ0n) is 32.3. The second-order valence-electron chi connectivity index (χ2n) is 15.6. The third-order valence-corrected chi connectivity index (χ3v) is 13.5. The van der Waals surface area contributed by atoms with Gasteiger partial charge in [-0.25, -0.2) is 0 Å². The van der Waals surface area contributed by atoms with Crippen LogP contribution >= 0.6 is 11.3 Å². The fraction of sp³-hybridized carbons (Fsp3) is 0. The summed E-state index contributed by atoms with van der Waals surface area (Å²) in [6, 6.07) is 75.1. The van der Waals surface area contributed by atoms with Gasteiger partial charge < -0.3 is 13.9 Å². The molecule has 10 aromatic carbocycles. The summed E-state index contributed by atoms with van der Waals surface area (Å²) >= 11 is 1.85. The van der Waals surface area contributed by atoms with E-state index < -0.39 is 0 Å². The van der Waals surface area contributed by atoms with E-state index in [2.05, 4.69) is 216 Å². The summed E-state index contributed by atoms with van der Waals surface area (Å²) in [5.41, 5.74) is 10.7. The summed E-state index contributed by atoms with van der Waals surface area (Å²) in [6.45, 7) is 0. The van der Waals surface area contributed by atoms with Crippen LogP contribution in [-0.2, 0) is 0 Å². The van der Waals surface area contributed by atoms with E-state index in [0.717, 1.165) is 55.7 Å². The molecule has 0 aliphatic rings. The highest BCUT2D eigenvalue weighted by atomic mass is 32.1. The molecular formula is C56H34N2OS. The Morgan fingerprint density at radius 1 is 0.400 bits per heavy atom. The molecule has 0 saturated heterocycles. The molecule has 0 aliphatic heterocycles. The van der Waals surface area contributed by atoms with Crippen molar-refractivity contribution in [2.75, 3.05) is 4.90 Å². The van der Waals surface area contributed by atoms with E-state index in [0.29, 0.717) is 0 Å². The maximum absolute atomic E-state index is 6.87. The molecule has 3 heterocycles. The van der Waals surface area contributed by atoms with Crippen molar-refractivity contribution in [3.8, 4) is 16.8 Å². The molecule has 0 atom stereocenters. The van der Waals surface area contributed by atoms with Crippen LogP contribution in [0.3, 0.4) is 0 Å². The van der Waals surface area contributed by atoms with Gasteiger partial charge in [0.25, 0.3) is 0 Å². The van der Waals surface area contributed by atoms with Crippen molar-refractivity contribution in [1.82, 2.24) is 4.57 Å². The summed E-state index contributed by atoms with van der Waals surface area (Å²) in [7, 11) is 0. The number of aromatic nitrogens is 1. The number of fused-ring (bicyclic) bond motifs is 12. The lowest BCUT2D eigenvalue weighted by molar-refractivity contribution is 0.669. The molecule has 0 fully saturated rings. The second kappa shape index (κ2) is 12.9. The highest BCUT2D eigenvalue weighted by Crippen LogP contribution is 2.52. The summed E-state index contributed by atoms with van der Waals surface area (Å²) in [5.74, 6) is 0. The highest BCUT2D eigenvalue weighted by molar-refractivity contribution is 7.25. The average molecular weight is 783 g/mol. The Kier molecular flexibility index (Phi) is 7.18. The predicted octanol–water partition coefficient (Wildman–Crippen LogP) is 16.5. The van der Waals surface area contributed by atoms with Gasteiger partial charge in [-0.1, -0.05) is 127 Å². The average Bonchev–Trinajstić information content (AvgIpc) is 3.98. The number of benzene rings is 10. The maximum Gasteiger partial charge on any atom is 0.139 e. The molecule has 0 unspecified atom stereocenters. The number of anilines is 3. The minimum Gasteiger partial charge on any atom is -0.456 e. The maximum atomic E-state index is 6.87. The number of hydrogen-bond acceptors (Lipinski definition) is 3. The number of rotatable bonds is 5. The molecule has 60 heavy (non-hydrogen) atoms. The molecule has 13 rings (SSSR count). The van der Waals surface area contributed by atoms with E-state index in [1.807, 2.05) is 11.3 Å². The first-order valence-corrected chi connectivity index (χ1v) is 21.2. The Labute approximate surface area is 349 Å². The second-order valence-corrected chi connectivity index (χ2v) is 16.7. The van der Waals surface area contributed by atoms with Gasteiger partial charge in [-0.3, -0.25) is 0 Å². The molecule has 4 heteroatoms. The van der Waals surface area contributed by atoms with Crippen molar-refractivity contribution in [3.05, 3.63) is 206 Å². The first kappa shape index (κ1) is 33.3. The minimum absolute atomic E-state index is 0.849. The minimum atomic E-state index is 0.849. The largest absolute Gasteiger partial charge is 0.456 e. The molecule has 0 amide bonds. The van der Waals surface area contributed by atoms with E-state index in [1.165, 1.54) is 63.6 Å². The van der Waals surface area contributed by atoms with Crippen molar-refractivity contribution in [3.63, 3.8) is 0 Å². The standard InChI is InChI=1S/C56H34N2OS/c1-3-16-37(17-4-1)57(39-28-30-53-46(33-39)43-23-12-14-26-52(43)60-53)56-54-47-32-36(45-31-35-15-7-8-20-40(35)41-21-9-10-22-42(41)45)27-29-48(47)58(38-18-5-2-6-19-38)49(54)34-51-55(56)44-24-11-13-25-50(44)59-51/h1-34H. The van der Waals surface area contributed by atoms with Gasteiger partial charge in [-0.2, -0.15) is 0 Å². The van der Waals surface area contributed by atoms with Crippen LogP contribution in [0.2, 0.25) is 0 Å². The van der Waals surface area contributed by atoms with Crippen molar-refractivity contribution in [2.24, 2.45) is 0 Å². The lowest BCUT2D eigenvalue weighted by atomic mass is 9.92. The molecule has 0 bridgehead atoms. The molecule has 280 valence electrons. The van der Waals surface area contributed by atoms with Gasteiger partial charge in [0.15, 0.2) is 0 Å². The van der Waals surface area contributed by atoms with Gasteiger partial charge in [-0.15, -0.1) is 11.3 Å². The van der Waals surface area contributed by atoms with Gasteiger partial charge >= 0.3 is 0 Å². The van der Waals surface area contributed by atoms with Crippen LogP contribution in [0.25, 0.3) is 102 Å². The number of para-hydroxylation sites is 3. The number of thiophene rings is 1. The predicted molar refractivity (Wildman–Crippen MR) is 256 cm³/mol. The van der Waals surface area contributed by atoms with E-state index >= 15 is 0 Å². The fourth-order valence-corrected chi connectivity index (χ4v) is 10.8. The normalized spacial score (nSPS) is 12.0. The van der Waals surface area contributed by atoms with Gasteiger partial charge in [0.1, 0.15) is 11.2 Å². The molecule has 3 nitrogen and oxygen atoms in total. The third-order valence-electron chi connectivity index (χ3n) is 12.3. The summed E-state index contributed by atoms with van der Waals surface area (Å²) in [4.78, 5) is 2.48. The molecule has 13 aromatic rings. The SMILES string of the molecule is c1ccc(N(c2ccc3sc4ccccc4c3c2)c2c3c(cc4c2c2cc(-c5cc6ccccc6c6ccccc56)ccc2n4-c2ccccc2)oc2ccccc23)cc1. The smallest absolute Gasteiger partial charge is 0.139 e. The number of nitrogens with zero attached hydrogens (tertiary/aromatic N) is 2. The zero-order valence-corrected chi connectivity index (χ0v) is 33.2. The molecule has 0 radical (unpaired) electrons. The molecule has 0 spiro atoms. The van der Waals surface area contributed by atoms with E-state index in [-0.39, 0.29) is 0 Å². The summed E-state index contributed by atoms with van der Waals surface area (Å²) < 4.78 is 11.9. The lowest BCUT2D eigenvalue weighted by Crippen LogP contribution is -2.11. The topological polar surface area (TPSA) is 21.3 Å². The van der Waals surface area contributed by atoms with Crippen molar-refractivity contribution >= 4 is 114 Å². The van der Waals surface area contributed by atoms with Crippen LogP contribution in [0.15, 0.2) is 211 Å². The molecule has 3 aromatic heterocycles. The number of hydrogen-bond donors (Lipinski definition) is 0. The Morgan fingerprint density at radius 2 is 1.08 bits per heavy atom. The van der Waals surface area contributed by atoms with Crippen LogP contribution in [0.1, 0.15) is 0 Å². The van der Waals surface area contributed by atoms with E-state index in [4.69, 9.17) is 4.42 Å². The van der Waals surface area contributed by atoms with E-state index in [1.54, 1.807) is 0 Å².